The van der Waals surface area contributed by atoms with Gasteiger partial charge in [0.05, 0.1) is 18.0 Å². The third-order valence-electron chi connectivity index (χ3n) is 4.22. The van der Waals surface area contributed by atoms with Crippen LogP contribution in [-0.2, 0) is 24.3 Å². The fraction of sp³-hybridized carbons (Fsp3) is 0.579. The van der Waals surface area contributed by atoms with Crippen LogP contribution in [0, 0.1) is 0 Å². The molecule has 0 spiro atoms. The molecule has 0 saturated heterocycles. The largest absolute Gasteiger partial charge is 0.385 e. The molecule has 0 heterocycles. The molecule has 0 bridgehead atoms. The lowest BCUT2D eigenvalue weighted by atomic mass is 10.3. The third-order valence-corrected chi connectivity index (χ3v) is 6.26. The molecule has 2 amide bonds. The van der Waals surface area contributed by atoms with Crippen LogP contribution in [0.15, 0.2) is 29.2 Å². The van der Waals surface area contributed by atoms with Gasteiger partial charge in [0.1, 0.15) is 0 Å². The lowest BCUT2D eigenvalue weighted by Crippen LogP contribution is -2.39. The zero-order chi connectivity index (χ0) is 22.0. The van der Waals surface area contributed by atoms with Crippen molar-refractivity contribution in [3.05, 3.63) is 24.3 Å². The first kappa shape index (κ1) is 25.0. The first-order valence-electron chi connectivity index (χ1n) is 9.40. The van der Waals surface area contributed by atoms with Crippen molar-refractivity contribution in [1.82, 2.24) is 14.5 Å². The molecule has 0 fully saturated rings. The number of amides is 2. The number of carbonyl (C=O) groups excluding carboxylic acids is 2. The van der Waals surface area contributed by atoms with E-state index < -0.39 is 10.0 Å². The number of rotatable bonds is 12. The Balaban J connectivity index is 2.53. The summed E-state index contributed by atoms with van der Waals surface area (Å²) in [4.78, 5) is 25.7. The Kier molecular flexibility index (Phi) is 10.2. The first-order valence-corrected chi connectivity index (χ1v) is 10.8. The highest BCUT2D eigenvalue weighted by Gasteiger charge is 2.22. The number of likely N-dealkylation sites (N-methyl/N-ethyl adjacent to an activating group) is 1. The highest BCUT2D eigenvalue weighted by Crippen LogP contribution is 2.19. The van der Waals surface area contributed by atoms with Crippen LogP contribution < -0.4 is 10.6 Å². The molecular weight excluding hydrogens is 396 g/mol. The molecule has 0 saturated carbocycles. The molecule has 0 radical (unpaired) electrons. The molecule has 0 aliphatic rings. The van der Waals surface area contributed by atoms with Crippen molar-refractivity contribution in [3.8, 4) is 0 Å². The van der Waals surface area contributed by atoms with Gasteiger partial charge in [-0.3, -0.25) is 14.5 Å². The van der Waals surface area contributed by atoms with E-state index in [-0.39, 0.29) is 35.8 Å². The fourth-order valence-electron chi connectivity index (χ4n) is 2.40. The zero-order valence-electron chi connectivity index (χ0n) is 17.8. The normalized spacial score (nSPS) is 11.9. The Morgan fingerprint density at radius 2 is 1.66 bits per heavy atom. The van der Waals surface area contributed by atoms with Gasteiger partial charge in [-0.1, -0.05) is 0 Å². The fourth-order valence-corrected chi connectivity index (χ4v) is 3.77. The second-order valence-corrected chi connectivity index (χ2v) is 9.05. The van der Waals surface area contributed by atoms with Crippen LogP contribution in [0.25, 0.3) is 0 Å². The lowest BCUT2D eigenvalue weighted by Gasteiger charge is -2.21. The van der Waals surface area contributed by atoms with Crippen molar-refractivity contribution < 1.29 is 22.7 Å². The molecule has 29 heavy (non-hydrogen) atoms. The maximum atomic E-state index is 12.5. The number of anilines is 1. The Bertz CT molecular complexity index is 765. The monoisotopic (exact) mass is 428 g/mol. The van der Waals surface area contributed by atoms with Gasteiger partial charge in [-0.2, -0.15) is 4.31 Å². The van der Waals surface area contributed by atoms with Gasteiger partial charge in [0.15, 0.2) is 0 Å². The van der Waals surface area contributed by atoms with E-state index in [0.717, 1.165) is 6.42 Å². The Hall–Kier alpha value is -2.01. The van der Waals surface area contributed by atoms with E-state index in [1.165, 1.54) is 23.5 Å². The molecule has 1 rings (SSSR count). The molecule has 0 aromatic heterocycles. The van der Waals surface area contributed by atoms with Crippen LogP contribution in [0.2, 0.25) is 0 Å². The van der Waals surface area contributed by atoms with E-state index in [1.54, 1.807) is 45.0 Å². The van der Waals surface area contributed by atoms with Crippen LogP contribution in [0.4, 0.5) is 5.69 Å². The van der Waals surface area contributed by atoms with Crippen molar-refractivity contribution in [2.24, 2.45) is 0 Å². The van der Waals surface area contributed by atoms with Gasteiger partial charge in [0.25, 0.3) is 0 Å². The van der Waals surface area contributed by atoms with Gasteiger partial charge in [-0.25, -0.2) is 8.42 Å². The van der Waals surface area contributed by atoms with E-state index in [0.29, 0.717) is 18.8 Å². The summed E-state index contributed by atoms with van der Waals surface area (Å²) < 4.78 is 31.1. The smallest absolute Gasteiger partial charge is 0.243 e. The summed E-state index contributed by atoms with van der Waals surface area (Å²) in [7, 11) is 1.23. The van der Waals surface area contributed by atoms with Crippen molar-refractivity contribution in [3.63, 3.8) is 0 Å². The molecule has 1 aromatic carbocycles. The van der Waals surface area contributed by atoms with E-state index in [4.69, 9.17) is 4.74 Å². The van der Waals surface area contributed by atoms with E-state index in [9.17, 15) is 18.0 Å². The summed E-state index contributed by atoms with van der Waals surface area (Å²) in [6.07, 6.45) is 0.727. The minimum atomic E-state index is -3.57. The molecular formula is C19H32N4O5S. The minimum absolute atomic E-state index is 0.0294. The number of nitrogens with zero attached hydrogens (tertiary/aromatic N) is 2. The van der Waals surface area contributed by atoms with Crippen LogP contribution >= 0.6 is 0 Å². The van der Waals surface area contributed by atoms with E-state index in [2.05, 4.69) is 10.6 Å². The van der Waals surface area contributed by atoms with Crippen molar-refractivity contribution >= 4 is 27.5 Å². The predicted octanol–water partition coefficient (Wildman–Crippen LogP) is 0.739. The van der Waals surface area contributed by atoms with Crippen LogP contribution in [0.5, 0.6) is 0 Å². The molecule has 2 N–H and O–H groups in total. The highest BCUT2D eigenvalue weighted by atomic mass is 32.2. The number of carbonyl (C=O) groups is 2. The van der Waals surface area contributed by atoms with E-state index in [1.807, 2.05) is 0 Å². The number of ether oxygens (including phenoxy) is 1. The number of nitrogens with one attached hydrogen (secondary N) is 2. The SMILES string of the molecule is COCCCNC(=O)CN(C)CC(=O)Nc1ccc(S(=O)(=O)N(C)C(C)C)cc1. The number of sulfonamides is 1. The lowest BCUT2D eigenvalue weighted by molar-refractivity contribution is -0.123. The average molecular weight is 429 g/mol. The van der Waals surface area contributed by atoms with Gasteiger partial charge in [0.2, 0.25) is 21.8 Å². The summed E-state index contributed by atoms with van der Waals surface area (Å²) in [5.41, 5.74) is 0.485. The van der Waals surface area contributed by atoms with Gasteiger partial charge < -0.3 is 15.4 Å². The number of methoxy groups -OCH3 is 1. The second-order valence-electron chi connectivity index (χ2n) is 7.06. The van der Waals surface area contributed by atoms with E-state index >= 15 is 0 Å². The number of hydrogen-bond donors (Lipinski definition) is 2. The van der Waals surface area contributed by atoms with Crippen molar-refractivity contribution in [2.45, 2.75) is 31.2 Å². The molecule has 0 aliphatic heterocycles. The predicted molar refractivity (Wildman–Crippen MR) is 112 cm³/mol. The van der Waals surface area contributed by atoms with Crippen molar-refractivity contribution in [2.75, 3.05) is 52.8 Å². The standard InChI is InChI=1S/C19H32N4O5S/c1-15(2)23(4)29(26,27)17-9-7-16(8-10-17)21-19(25)14-22(3)13-18(24)20-11-6-12-28-5/h7-10,15H,6,11-14H2,1-5H3,(H,20,24)(H,21,25). The summed E-state index contributed by atoms with van der Waals surface area (Å²) in [5.74, 6) is -0.463. The molecule has 9 nitrogen and oxygen atoms in total. The first-order chi connectivity index (χ1) is 13.6. The number of hydrogen-bond acceptors (Lipinski definition) is 6. The van der Waals surface area contributed by atoms with Crippen molar-refractivity contribution in [1.29, 1.82) is 0 Å². The zero-order valence-corrected chi connectivity index (χ0v) is 18.6. The Morgan fingerprint density at radius 3 is 2.21 bits per heavy atom. The second kappa shape index (κ2) is 11.9. The van der Waals surface area contributed by atoms with Crippen LogP contribution in [0.1, 0.15) is 20.3 Å². The maximum absolute atomic E-state index is 12.5. The highest BCUT2D eigenvalue weighted by molar-refractivity contribution is 7.89. The van der Waals surface area contributed by atoms with Gasteiger partial charge >= 0.3 is 0 Å². The molecule has 0 unspecified atom stereocenters. The number of benzene rings is 1. The van der Waals surface area contributed by atoms with Gasteiger partial charge in [0, 0.05) is 39.0 Å². The summed E-state index contributed by atoms with van der Waals surface area (Å²) in [5, 5.41) is 5.45. The third kappa shape index (κ3) is 8.48. The molecule has 0 aliphatic carbocycles. The summed E-state index contributed by atoms with van der Waals surface area (Å²) in [6.45, 7) is 4.81. The summed E-state index contributed by atoms with van der Waals surface area (Å²) >= 11 is 0. The Labute approximate surface area is 173 Å². The van der Waals surface area contributed by atoms with Gasteiger partial charge in [-0.15, -0.1) is 0 Å². The van der Waals surface area contributed by atoms with Crippen LogP contribution in [0.3, 0.4) is 0 Å². The maximum Gasteiger partial charge on any atom is 0.243 e. The molecule has 164 valence electrons. The van der Waals surface area contributed by atoms with Gasteiger partial charge in [-0.05, 0) is 51.6 Å². The molecule has 10 heteroatoms. The average Bonchev–Trinajstić information content (AvgIpc) is 2.64. The quantitative estimate of drug-likeness (QED) is 0.476. The topological polar surface area (TPSA) is 108 Å². The summed E-state index contributed by atoms with van der Waals surface area (Å²) in [6, 6.07) is 5.84. The van der Waals surface area contributed by atoms with Crippen LogP contribution in [-0.4, -0.2) is 82.9 Å². The molecule has 0 atom stereocenters. The molecule has 1 aromatic rings. The minimum Gasteiger partial charge on any atom is -0.385 e. The Morgan fingerprint density at radius 1 is 1.07 bits per heavy atom.